The van der Waals surface area contributed by atoms with Gasteiger partial charge in [-0.3, -0.25) is 0 Å². The van der Waals surface area contributed by atoms with Crippen molar-refractivity contribution in [3.05, 3.63) is 35.6 Å². The normalized spacial score (nSPS) is 17.0. The first-order valence-electron chi connectivity index (χ1n) is 8.55. The topological polar surface area (TPSA) is 61.5 Å². The molecule has 0 aliphatic heterocycles. The molecule has 0 aromatic carbocycles. The number of allylic oxidation sites excluding steroid dienone is 2. The van der Waals surface area contributed by atoms with Crippen LogP contribution in [0.1, 0.15) is 51.9 Å². The molecule has 2 N–H and O–H groups in total. The molecular formula is C19H31NO3. The molecule has 4 heteroatoms. The average Bonchev–Trinajstić information content (AvgIpc) is 2.57. The van der Waals surface area contributed by atoms with E-state index in [2.05, 4.69) is 6.58 Å². The Morgan fingerprint density at radius 1 is 1.26 bits per heavy atom. The second-order valence-electron chi connectivity index (χ2n) is 6.26. The molecule has 0 saturated heterocycles. The predicted molar refractivity (Wildman–Crippen MR) is 93.8 cm³/mol. The van der Waals surface area contributed by atoms with Crippen LogP contribution in [0.5, 0.6) is 0 Å². The summed E-state index contributed by atoms with van der Waals surface area (Å²) in [7, 11) is 1.35. The van der Waals surface area contributed by atoms with Crippen LogP contribution in [-0.2, 0) is 14.3 Å². The van der Waals surface area contributed by atoms with Crippen LogP contribution in [0.25, 0.3) is 0 Å². The summed E-state index contributed by atoms with van der Waals surface area (Å²) in [4.78, 5) is 11.6. The number of carbonyl (C=O) groups is 1. The predicted octanol–water partition coefficient (Wildman–Crippen LogP) is 3.88. The molecule has 130 valence electrons. The van der Waals surface area contributed by atoms with Gasteiger partial charge in [0.2, 0.25) is 0 Å². The highest BCUT2D eigenvalue weighted by Crippen LogP contribution is 2.25. The first-order chi connectivity index (χ1) is 11.1. The van der Waals surface area contributed by atoms with E-state index >= 15 is 0 Å². The van der Waals surface area contributed by atoms with Crippen molar-refractivity contribution in [2.24, 2.45) is 11.7 Å². The molecule has 1 aliphatic carbocycles. The molecule has 0 radical (unpaired) electrons. The number of methoxy groups -OCH3 is 1. The number of esters is 1. The number of nitrogens with two attached hydrogens (primary N) is 1. The highest BCUT2D eigenvalue weighted by molar-refractivity contribution is 5.90. The van der Waals surface area contributed by atoms with Crippen molar-refractivity contribution in [2.45, 2.75) is 51.9 Å². The third-order valence-corrected chi connectivity index (χ3v) is 4.14. The van der Waals surface area contributed by atoms with Crippen molar-refractivity contribution in [3.8, 4) is 0 Å². The summed E-state index contributed by atoms with van der Waals surface area (Å²) in [5.74, 6) is 0.855. The van der Waals surface area contributed by atoms with E-state index in [4.69, 9.17) is 15.2 Å². The minimum absolute atomic E-state index is 0.300. The molecule has 0 aromatic heterocycles. The Kier molecular flexibility index (Phi) is 9.37. The number of hydrogen-bond donors (Lipinski definition) is 1. The lowest BCUT2D eigenvalue weighted by Gasteiger charge is -2.22. The largest absolute Gasteiger partial charge is 0.493 e. The minimum Gasteiger partial charge on any atom is -0.493 e. The van der Waals surface area contributed by atoms with Crippen LogP contribution in [0.4, 0.5) is 0 Å². The number of carbonyl (C=O) groups excluding carboxylic acids is 1. The van der Waals surface area contributed by atoms with Crippen molar-refractivity contribution in [1.82, 2.24) is 0 Å². The van der Waals surface area contributed by atoms with E-state index in [1.165, 1.54) is 44.8 Å². The fourth-order valence-corrected chi connectivity index (χ4v) is 2.75. The van der Waals surface area contributed by atoms with Crippen LogP contribution in [0.15, 0.2) is 35.6 Å². The maximum atomic E-state index is 11.6. The summed E-state index contributed by atoms with van der Waals surface area (Å²) in [5.41, 5.74) is 7.04. The Morgan fingerprint density at radius 3 is 2.57 bits per heavy atom. The van der Waals surface area contributed by atoms with Crippen molar-refractivity contribution in [2.75, 3.05) is 20.3 Å². The highest BCUT2D eigenvalue weighted by Gasteiger charge is 2.15. The third-order valence-electron chi connectivity index (χ3n) is 4.14. The van der Waals surface area contributed by atoms with E-state index in [9.17, 15) is 4.79 Å². The van der Waals surface area contributed by atoms with Gasteiger partial charge in [-0.25, -0.2) is 4.79 Å². The third kappa shape index (κ3) is 8.03. The molecule has 0 atom stereocenters. The lowest BCUT2D eigenvalue weighted by Crippen LogP contribution is -2.13. The van der Waals surface area contributed by atoms with Gasteiger partial charge in [-0.15, -0.1) is 0 Å². The van der Waals surface area contributed by atoms with Crippen LogP contribution in [0.2, 0.25) is 0 Å². The molecule has 1 aliphatic rings. The fraction of sp³-hybridized carbons (Fsp3) is 0.632. The number of ether oxygens (including phenoxy) is 2. The second kappa shape index (κ2) is 11.1. The van der Waals surface area contributed by atoms with Gasteiger partial charge in [-0.05, 0) is 57.2 Å². The van der Waals surface area contributed by atoms with E-state index in [0.29, 0.717) is 30.4 Å². The van der Waals surface area contributed by atoms with Gasteiger partial charge in [0, 0.05) is 0 Å². The zero-order valence-electron chi connectivity index (χ0n) is 14.6. The quantitative estimate of drug-likeness (QED) is 0.303. The number of rotatable bonds is 9. The fourth-order valence-electron chi connectivity index (χ4n) is 2.75. The first kappa shape index (κ1) is 19.5. The smallest absolute Gasteiger partial charge is 0.337 e. The Morgan fingerprint density at radius 2 is 1.96 bits per heavy atom. The van der Waals surface area contributed by atoms with E-state index in [1.807, 2.05) is 13.0 Å². The summed E-state index contributed by atoms with van der Waals surface area (Å²) in [6, 6.07) is 0. The monoisotopic (exact) mass is 321 g/mol. The molecule has 0 unspecified atom stereocenters. The van der Waals surface area contributed by atoms with Gasteiger partial charge in [0.25, 0.3) is 0 Å². The van der Waals surface area contributed by atoms with E-state index in [-0.39, 0.29) is 0 Å². The molecule has 0 heterocycles. The van der Waals surface area contributed by atoms with Gasteiger partial charge < -0.3 is 15.2 Å². The molecule has 1 fully saturated rings. The average molecular weight is 321 g/mol. The Labute approximate surface area is 140 Å². The maximum Gasteiger partial charge on any atom is 0.337 e. The van der Waals surface area contributed by atoms with E-state index in [1.54, 1.807) is 6.08 Å². The summed E-state index contributed by atoms with van der Waals surface area (Å²) in [6.45, 7) is 7.16. The number of hydrogen-bond acceptors (Lipinski definition) is 4. The van der Waals surface area contributed by atoms with Gasteiger partial charge in [0.05, 0.1) is 19.3 Å². The van der Waals surface area contributed by atoms with Crippen LogP contribution >= 0.6 is 0 Å². The Bertz CT molecular complexity index is 446. The first-order valence-corrected chi connectivity index (χ1v) is 8.55. The summed E-state index contributed by atoms with van der Waals surface area (Å²) in [6.07, 6.45) is 11.9. The summed E-state index contributed by atoms with van der Waals surface area (Å²) >= 11 is 0. The Balaban J connectivity index is 2.72. The lowest BCUT2D eigenvalue weighted by atomic mass is 9.90. The molecule has 1 saturated carbocycles. The SMILES string of the molecule is C=C(/C=C(\C=C(/C)CCCN)OCC1CCCCC1)C(=O)OC. The van der Waals surface area contributed by atoms with Gasteiger partial charge in [-0.1, -0.05) is 31.4 Å². The van der Waals surface area contributed by atoms with Crippen LogP contribution in [-0.4, -0.2) is 26.2 Å². The summed E-state index contributed by atoms with van der Waals surface area (Å²) in [5, 5.41) is 0. The molecule has 23 heavy (non-hydrogen) atoms. The van der Waals surface area contributed by atoms with E-state index in [0.717, 1.165) is 12.8 Å². The highest BCUT2D eigenvalue weighted by atomic mass is 16.5. The van der Waals surface area contributed by atoms with Crippen molar-refractivity contribution < 1.29 is 14.3 Å². The molecule has 4 nitrogen and oxygen atoms in total. The molecule has 0 bridgehead atoms. The van der Waals surface area contributed by atoms with E-state index < -0.39 is 5.97 Å². The van der Waals surface area contributed by atoms with Crippen molar-refractivity contribution >= 4 is 5.97 Å². The molecule has 0 aromatic rings. The maximum absolute atomic E-state index is 11.6. The second-order valence-corrected chi connectivity index (χ2v) is 6.26. The van der Waals surface area contributed by atoms with Crippen molar-refractivity contribution in [3.63, 3.8) is 0 Å². The lowest BCUT2D eigenvalue weighted by molar-refractivity contribution is -0.135. The molecule has 0 spiro atoms. The van der Waals surface area contributed by atoms with Crippen LogP contribution < -0.4 is 5.73 Å². The molecule has 1 rings (SSSR count). The molecular weight excluding hydrogens is 290 g/mol. The van der Waals surface area contributed by atoms with Crippen molar-refractivity contribution in [1.29, 1.82) is 0 Å². The minimum atomic E-state index is -0.434. The van der Waals surface area contributed by atoms with Crippen LogP contribution in [0, 0.1) is 5.92 Å². The van der Waals surface area contributed by atoms with Gasteiger partial charge in [0.15, 0.2) is 0 Å². The zero-order chi connectivity index (χ0) is 17.1. The van der Waals surface area contributed by atoms with Gasteiger partial charge in [0.1, 0.15) is 5.76 Å². The molecule has 0 amide bonds. The zero-order valence-corrected chi connectivity index (χ0v) is 14.6. The standard InChI is InChI=1S/C19H31NO3/c1-15(8-7-11-20)12-18(13-16(2)19(21)22-3)23-14-17-9-5-4-6-10-17/h12-13,17H,2,4-11,14,20H2,1,3H3/b15-12+,18-13+. The van der Waals surface area contributed by atoms with Crippen LogP contribution in [0.3, 0.4) is 0 Å². The Hall–Kier alpha value is -1.55. The summed E-state index contributed by atoms with van der Waals surface area (Å²) < 4.78 is 10.7. The van der Waals surface area contributed by atoms with Gasteiger partial charge in [-0.2, -0.15) is 0 Å². The van der Waals surface area contributed by atoms with Gasteiger partial charge >= 0.3 is 5.97 Å².